The molecule has 2 aromatic carbocycles. The highest BCUT2D eigenvalue weighted by molar-refractivity contribution is 5.92. The van der Waals surface area contributed by atoms with Gasteiger partial charge in [0.15, 0.2) is 0 Å². The molecule has 1 aliphatic carbocycles. The Morgan fingerprint density at radius 1 is 1.04 bits per heavy atom. The Bertz CT molecular complexity index is 1020. The summed E-state index contributed by atoms with van der Waals surface area (Å²) in [6.07, 6.45) is 4.21. The lowest BCUT2D eigenvalue weighted by molar-refractivity contribution is 0.951. The minimum absolute atomic E-state index is 0.525. The molecule has 0 aliphatic heterocycles. The molecule has 2 heterocycles. The van der Waals surface area contributed by atoms with Gasteiger partial charge >= 0.3 is 0 Å². The van der Waals surface area contributed by atoms with E-state index in [0.29, 0.717) is 5.92 Å². The first kappa shape index (κ1) is 12.6. The summed E-state index contributed by atoms with van der Waals surface area (Å²) in [7, 11) is 0. The number of hydrogen-bond donors (Lipinski definition) is 2. The number of H-pyrrole nitrogens is 1. The standard InChI is InChI=1S/C18H15N5/c1-2-4-16-14(3-1)18(22-17(21-16)11-5-6-11)20-13-7-8-15-12(9-13)10-19-23-15/h1-4,7-11H,5-6H2,(H,19,23)(H,20,21,22). The van der Waals surface area contributed by atoms with Gasteiger partial charge in [-0.15, -0.1) is 0 Å². The van der Waals surface area contributed by atoms with Crippen molar-refractivity contribution in [3.05, 3.63) is 54.5 Å². The predicted octanol–water partition coefficient (Wildman–Crippen LogP) is 4.13. The van der Waals surface area contributed by atoms with E-state index in [1.165, 1.54) is 12.8 Å². The molecule has 0 atom stereocenters. The third kappa shape index (κ3) is 2.21. The van der Waals surface area contributed by atoms with Crippen LogP contribution in [0.4, 0.5) is 11.5 Å². The average molecular weight is 301 g/mol. The molecule has 1 fully saturated rings. The second kappa shape index (κ2) is 4.78. The number of benzene rings is 2. The SMILES string of the molecule is c1ccc2c(Nc3ccc4[nH]ncc4c3)nc(C3CC3)nc2c1. The highest BCUT2D eigenvalue weighted by Crippen LogP contribution is 2.39. The average Bonchev–Trinajstić information content (AvgIpc) is 3.33. The highest BCUT2D eigenvalue weighted by Gasteiger charge is 2.27. The summed E-state index contributed by atoms with van der Waals surface area (Å²) in [4.78, 5) is 9.50. The first-order chi connectivity index (χ1) is 11.4. The molecule has 4 aromatic rings. The highest BCUT2D eigenvalue weighted by atomic mass is 15.1. The maximum Gasteiger partial charge on any atom is 0.142 e. The number of nitrogens with one attached hydrogen (secondary N) is 2. The number of aromatic nitrogens is 4. The van der Waals surface area contributed by atoms with Gasteiger partial charge in [0, 0.05) is 22.4 Å². The molecular weight excluding hydrogens is 286 g/mol. The molecule has 2 N–H and O–H groups in total. The number of anilines is 2. The number of hydrogen-bond acceptors (Lipinski definition) is 4. The Labute approximate surface area is 132 Å². The lowest BCUT2D eigenvalue weighted by Crippen LogP contribution is -2.00. The van der Waals surface area contributed by atoms with E-state index in [1.54, 1.807) is 0 Å². The summed E-state index contributed by atoms with van der Waals surface area (Å²) < 4.78 is 0. The summed E-state index contributed by atoms with van der Waals surface area (Å²) >= 11 is 0. The second-order valence-electron chi connectivity index (χ2n) is 6.02. The van der Waals surface area contributed by atoms with E-state index in [4.69, 9.17) is 9.97 Å². The van der Waals surface area contributed by atoms with Crippen molar-refractivity contribution < 1.29 is 0 Å². The minimum Gasteiger partial charge on any atom is -0.340 e. The van der Waals surface area contributed by atoms with Crippen LogP contribution in [0, 0.1) is 0 Å². The van der Waals surface area contributed by atoms with E-state index >= 15 is 0 Å². The predicted molar refractivity (Wildman–Crippen MR) is 90.9 cm³/mol. The summed E-state index contributed by atoms with van der Waals surface area (Å²) in [5, 5.41) is 12.6. The Morgan fingerprint density at radius 3 is 2.87 bits per heavy atom. The van der Waals surface area contributed by atoms with Crippen LogP contribution >= 0.6 is 0 Å². The topological polar surface area (TPSA) is 66.5 Å². The Hall–Kier alpha value is -2.95. The first-order valence-electron chi connectivity index (χ1n) is 7.84. The van der Waals surface area contributed by atoms with Crippen LogP contribution in [0.2, 0.25) is 0 Å². The van der Waals surface area contributed by atoms with E-state index < -0.39 is 0 Å². The summed E-state index contributed by atoms with van der Waals surface area (Å²) in [5.41, 5.74) is 3.03. The van der Waals surface area contributed by atoms with E-state index in [2.05, 4.69) is 27.6 Å². The van der Waals surface area contributed by atoms with Crippen LogP contribution in [-0.2, 0) is 0 Å². The summed E-state index contributed by atoms with van der Waals surface area (Å²) in [6, 6.07) is 14.3. The number of nitrogens with zero attached hydrogens (tertiary/aromatic N) is 3. The quantitative estimate of drug-likeness (QED) is 0.597. The monoisotopic (exact) mass is 301 g/mol. The largest absolute Gasteiger partial charge is 0.340 e. The van der Waals surface area contributed by atoms with Crippen LogP contribution in [0.1, 0.15) is 24.6 Å². The number of rotatable bonds is 3. The Morgan fingerprint density at radius 2 is 1.96 bits per heavy atom. The zero-order valence-corrected chi connectivity index (χ0v) is 12.5. The fraction of sp³-hybridized carbons (Fsp3) is 0.167. The molecule has 0 bridgehead atoms. The van der Waals surface area contributed by atoms with Crippen LogP contribution in [0.5, 0.6) is 0 Å². The van der Waals surface area contributed by atoms with E-state index in [1.807, 2.05) is 36.5 Å². The zero-order valence-electron chi connectivity index (χ0n) is 12.5. The van der Waals surface area contributed by atoms with Crippen molar-refractivity contribution >= 4 is 33.3 Å². The molecule has 23 heavy (non-hydrogen) atoms. The van der Waals surface area contributed by atoms with Crippen LogP contribution in [0.25, 0.3) is 21.8 Å². The Kier molecular flexibility index (Phi) is 2.61. The number of para-hydroxylation sites is 1. The molecule has 0 unspecified atom stereocenters. The van der Waals surface area contributed by atoms with Gasteiger partial charge in [-0.1, -0.05) is 12.1 Å². The molecule has 1 aliphatic rings. The fourth-order valence-electron chi connectivity index (χ4n) is 2.87. The molecule has 0 spiro atoms. The van der Waals surface area contributed by atoms with E-state index in [0.717, 1.165) is 39.1 Å². The van der Waals surface area contributed by atoms with Gasteiger partial charge in [0.1, 0.15) is 11.6 Å². The van der Waals surface area contributed by atoms with Crippen LogP contribution in [0.3, 0.4) is 0 Å². The van der Waals surface area contributed by atoms with Crippen molar-refractivity contribution in [1.82, 2.24) is 20.2 Å². The van der Waals surface area contributed by atoms with Gasteiger partial charge in [-0.2, -0.15) is 5.10 Å². The van der Waals surface area contributed by atoms with E-state index in [-0.39, 0.29) is 0 Å². The van der Waals surface area contributed by atoms with Gasteiger partial charge in [-0.3, -0.25) is 5.10 Å². The normalized spacial score (nSPS) is 14.4. The van der Waals surface area contributed by atoms with E-state index in [9.17, 15) is 0 Å². The maximum absolute atomic E-state index is 4.78. The van der Waals surface area contributed by atoms with Gasteiger partial charge in [0.2, 0.25) is 0 Å². The molecule has 1 saturated carbocycles. The van der Waals surface area contributed by atoms with Crippen molar-refractivity contribution in [2.75, 3.05) is 5.32 Å². The molecular formula is C18H15N5. The lowest BCUT2D eigenvalue weighted by Gasteiger charge is -2.10. The van der Waals surface area contributed by atoms with Crippen molar-refractivity contribution in [2.24, 2.45) is 0 Å². The van der Waals surface area contributed by atoms with Gasteiger partial charge in [0.05, 0.1) is 17.2 Å². The van der Waals surface area contributed by atoms with Gasteiger partial charge < -0.3 is 5.32 Å². The molecule has 5 heteroatoms. The van der Waals surface area contributed by atoms with Gasteiger partial charge in [-0.05, 0) is 43.2 Å². The number of fused-ring (bicyclic) bond motifs is 2. The van der Waals surface area contributed by atoms with Crippen LogP contribution in [-0.4, -0.2) is 20.2 Å². The molecule has 0 amide bonds. The Balaban J connectivity index is 1.62. The smallest absolute Gasteiger partial charge is 0.142 e. The van der Waals surface area contributed by atoms with Crippen molar-refractivity contribution in [1.29, 1.82) is 0 Å². The van der Waals surface area contributed by atoms with Gasteiger partial charge in [0.25, 0.3) is 0 Å². The van der Waals surface area contributed by atoms with Crippen LogP contribution < -0.4 is 5.32 Å². The number of aromatic amines is 1. The first-order valence-corrected chi connectivity index (χ1v) is 7.84. The van der Waals surface area contributed by atoms with Gasteiger partial charge in [-0.25, -0.2) is 9.97 Å². The summed E-state index contributed by atoms with van der Waals surface area (Å²) in [6.45, 7) is 0. The molecule has 112 valence electrons. The molecule has 2 aromatic heterocycles. The molecule has 5 nitrogen and oxygen atoms in total. The summed E-state index contributed by atoms with van der Waals surface area (Å²) in [5.74, 6) is 2.35. The zero-order chi connectivity index (χ0) is 15.2. The maximum atomic E-state index is 4.78. The third-order valence-corrected chi connectivity index (χ3v) is 4.27. The van der Waals surface area contributed by atoms with Crippen molar-refractivity contribution in [3.63, 3.8) is 0 Å². The van der Waals surface area contributed by atoms with Crippen molar-refractivity contribution in [3.8, 4) is 0 Å². The second-order valence-corrected chi connectivity index (χ2v) is 6.02. The van der Waals surface area contributed by atoms with Crippen LogP contribution in [0.15, 0.2) is 48.7 Å². The minimum atomic E-state index is 0.525. The van der Waals surface area contributed by atoms with Crippen molar-refractivity contribution in [2.45, 2.75) is 18.8 Å². The molecule has 5 rings (SSSR count). The lowest BCUT2D eigenvalue weighted by atomic mass is 10.2. The molecule has 0 radical (unpaired) electrons. The third-order valence-electron chi connectivity index (χ3n) is 4.27. The fourth-order valence-corrected chi connectivity index (χ4v) is 2.87. The molecule has 0 saturated heterocycles.